The molecule has 1 unspecified atom stereocenters. The summed E-state index contributed by atoms with van der Waals surface area (Å²) in [5.41, 5.74) is 2.13. The van der Waals surface area contributed by atoms with Gasteiger partial charge in [0.15, 0.2) is 0 Å². The monoisotopic (exact) mass is 302 g/mol. The third kappa shape index (κ3) is 3.96. The summed E-state index contributed by atoms with van der Waals surface area (Å²) in [6.07, 6.45) is -1.75. The smallest absolute Gasteiger partial charge is 0.378 e. The van der Waals surface area contributed by atoms with Gasteiger partial charge in [0.05, 0.1) is 11.7 Å². The number of hydrazine groups is 1. The molecule has 1 saturated carbocycles. The SMILES string of the molecule is CCOC1CC(CC(NN)c2ccccc2C(F)(F)F)C1. The maximum atomic E-state index is 13.1. The lowest BCUT2D eigenvalue weighted by molar-refractivity contribution is -0.138. The van der Waals surface area contributed by atoms with Crippen molar-refractivity contribution in [2.75, 3.05) is 6.61 Å². The first-order valence-corrected chi connectivity index (χ1v) is 7.19. The molecule has 0 amide bonds. The van der Waals surface area contributed by atoms with Crippen molar-refractivity contribution in [2.24, 2.45) is 11.8 Å². The second kappa shape index (κ2) is 6.77. The molecule has 0 aromatic heterocycles. The van der Waals surface area contributed by atoms with E-state index in [4.69, 9.17) is 10.6 Å². The highest BCUT2D eigenvalue weighted by Gasteiger charge is 2.37. The van der Waals surface area contributed by atoms with Crippen molar-refractivity contribution >= 4 is 0 Å². The van der Waals surface area contributed by atoms with E-state index >= 15 is 0 Å². The Morgan fingerprint density at radius 2 is 2.00 bits per heavy atom. The van der Waals surface area contributed by atoms with Gasteiger partial charge in [-0.2, -0.15) is 13.2 Å². The summed E-state index contributed by atoms with van der Waals surface area (Å²) in [4.78, 5) is 0. The summed E-state index contributed by atoms with van der Waals surface area (Å²) in [7, 11) is 0. The summed E-state index contributed by atoms with van der Waals surface area (Å²) >= 11 is 0. The quantitative estimate of drug-likeness (QED) is 0.625. The summed E-state index contributed by atoms with van der Waals surface area (Å²) < 4.78 is 44.6. The van der Waals surface area contributed by atoms with Crippen LogP contribution < -0.4 is 11.3 Å². The van der Waals surface area contributed by atoms with Crippen LogP contribution in [0.1, 0.15) is 43.4 Å². The normalized spacial score (nSPS) is 23.7. The van der Waals surface area contributed by atoms with Gasteiger partial charge < -0.3 is 4.74 Å². The highest BCUT2D eigenvalue weighted by Crippen LogP contribution is 2.40. The van der Waals surface area contributed by atoms with Crippen molar-refractivity contribution in [3.63, 3.8) is 0 Å². The average Bonchev–Trinajstić information content (AvgIpc) is 2.40. The standard InChI is InChI=1S/C15H21F3N2O/c1-2-21-11-7-10(8-11)9-14(20-19)12-5-3-4-6-13(12)15(16,17)18/h3-6,10-11,14,20H,2,7-9,19H2,1H3. The molecule has 0 spiro atoms. The Bertz CT molecular complexity index is 458. The second-order valence-corrected chi connectivity index (χ2v) is 5.45. The second-order valence-electron chi connectivity index (χ2n) is 5.45. The number of ether oxygens (including phenoxy) is 1. The van der Waals surface area contributed by atoms with E-state index in [1.54, 1.807) is 6.07 Å². The van der Waals surface area contributed by atoms with Crippen LogP contribution in [0.5, 0.6) is 0 Å². The van der Waals surface area contributed by atoms with Gasteiger partial charge >= 0.3 is 6.18 Å². The summed E-state index contributed by atoms with van der Waals surface area (Å²) in [6.45, 7) is 2.62. The number of benzene rings is 1. The van der Waals surface area contributed by atoms with Crippen molar-refractivity contribution in [1.82, 2.24) is 5.43 Å². The van der Waals surface area contributed by atoms with Gasteiger partial charge in [-0.3, -0.25) is 11.3 Å². The van der Waals surface area contributed by atoms with Crippen LogP contribution in [-0.2, 0) is 10.9 Å². The lowest BCUT2D eigenvalue weighted by Crippen LogP contribution is -2.37. The molecular formula is C15H21F3N2O. The van der Waals surface area contributed by atoms with Gasteiger partial charge in [0, 0.05) is 12.6 Å². The van der Waals surface area contributed by atoms with Crippen molar-refractivity contribution in [1.29, 1.82) is 0 Å². The van der Waals surface area contributed by atoms with Crippen LogP contribution in [-0.4, -0.2) is 12.7 Å². The molecular weight excluding hydrogens is 281 g/mol. The zero-order valence-corrected chi connectivity index (χ0v) is 12.0. The lowest BCUT2D eigenvalue weighted by atomic mass is 9.77. The molecule has 3 N–H and O–H groups in total. The van der Waals surface area contributed by atoms with E-state index in [2.05, 4.69) is 5.43 Å². The maximum absolute atomic E-state index is 13.1. The predicted octanol–water partition coefficient (Wildman–Crippen LogP) is 3.42. The Morgan fingerprint density at radius 3 is 2.57 bits per heavy atom. The molecule has 1 aromatic rings. The minimum atomic E-state index is -4.36. The fraction of sp³-hybridized carbons (Fsp3) is 0.600. The Hall–Kier alpha value is -1.11. The van der Waals surface area contributed by atoms with Gasteiger partial charge in [0.1, 0.15) is 0 Å². The summed E-state index contributed by atoms with van der Waals surface area (Å²) in [6, 6.07) is 5.11. The van der Waals surface area contributed by atoms with E-state index in [1.165, 1.54) is 12.1 Å². The molecule has 2 rings (SSSR count). The van der Waals surface area contributed by atoms with E-state index in [9.17, 15) is 13.2 Å². The number of rotatable bonds is 6. The fourth-order valence-corrected chi connectivity index (χ4v) is 2.92. The van der Waals surface area contributed by atoms with Gasteiger partial charge in [-0.25, -0.2) is 0 Å². The van der Waals surface area contributed by atoms with Crippen LogP contribution >= 0.6 is 0 Å². The molecule has 0 radical (unpaired) electrons. The van der Waals surface area contributed by atoms with Crippen LogP contribution in [0.4, 0.5) is 13.2 Å². The van der Waals surface area contributed by atoms with Crippen molar-refractivity contribution in [3.8, 4) is 0 Å². The van der Waals surface area contributed by atoms with Crippen LogP contribution in [0.25, 0.3) is 0 Å². The van der Waals surface area contributed by atoms with E-state index in [1.807, 2.05) is 6.92 Å². The fourth-order valence-electron chi connectivity index (χ4n) is 2.92. The highest BCUT2D eigenvalue weighted by molar-refractivity contribution is 5.32. The Labute approximate surface area is 122 Å². The lowest BCUT2D eigenvalue weighted by Gasteiger charge is -2.37. The Balaban J connectivity index is 2.05. The molecule has 1 atom stereocenters. The van der Waals surface area contributed by atoms with Crippen LogP contribution in [0.15, 0.2) is 24.3 Å². The predicted molar refractivity (Wildman–Crippen MR) is 74.3 cm³/mol. The number of halogens is 3. The Kier molecular flexibility index (Phi) is 5.24. The van der Waals surface area contributed by atoms with Crippen LogP contribution in [0, 0.1) is 5.92 Å². The maximum Gasteiger partial charge on any atom is 0.416 e. The molecule has 0 heterocycles. The van der Waals surface area contributed by atoms with Gasteiger partial charge in [-0.1, -0.05) is 18.2 Å². The minimum absolute atomic E-state index is 0.215. The van der Waals surface area contributed by atoms with E-state index in [0.717, 1.165) is 18.9 Å². The molecule has 0 aliphatic heterocycles. The molecule has 1 aliphatic rings. The number of nitrogens with one attached hydrogen (secondary N) is 1. The third-order valence-corrected chi connectivity index (χ3v) is 4.01. The molecule has 6 heteroatoms. The number of hydrogen-bond acceptors (Lipinski definition) is 3. The molecule has 118 valence electrons. The largest absolute Gasteiger partial charge is 0.416 e. The third-order valence-electron chi connectivity index (χ3n) is 4.01. The highest BCUT2D eigenvalue weighted by atomic mass is 19.4. The zero-order valence-electron chi connectivity index (χ0n) is 12.0. The van der Waals surface area contributed by atoms with E-state index < -0.39 is 17.8 Å². The van der Waals surface area contributed by atoms with Crippen molar-refractivity contribution < 1.29 is 17.9 Å². The van der Waals surface area contributed by atoms with Gasteiger partial charge in [0.2, 0.25) is 0 Å². The first kappa shape index (κ1) is 16.3. The molecule has 1 fully saturated rings. The topological polar surface area (TPSA) is 47.3 Å². The van der Waals surface area contributed by atoms with E-state index in [0.29, 0.717) is 18.9 Å². The first-order chi connectivity index (χ1) is 9.95. The molecule has 21 heavy (non-hydrogen) atoms. The summed E-state index contributed by atoms with van der Waals surface area (Å²) in [5.74, 6) is 5.84. The van der Waals surface area contributed by atoms with Crippen molar-refractivity contribution in [3.05, 3.63) is 35.4 Å². The molecule has 3 nitrogen and oxygen atoms in total. The van der Waals surface area contributed by atoms with Crippen molar-refractivity contribution in [2.45, 2.75) is 44.5 Å². The van der Waals surface area contributed by atoms with Crippen LogP contribution in [0.3, 0.4) is 0 Å². The first-order valence-electron chi connectivity index (χ1n) is 7.19. The van der Waals surface area contributed by atoms with Crippen LogP contribution in [0.2, 0.25) is 0 Å². The van der Waals surface area contributed by atoms with Gasteiger partial charge in [0.25, 0.3) is 0 Å². The summed E-state index contributed by atoms with van der Waals surface area (Å²) in [5, 5.41) is 0. The molecule has 1 aliphatic carbocycles. The molecule has 0 bridgehead atoms. The number of nitrogens with two attached hydrogens (primary N) is 1. The van der Waals surface area contributed by atoms with E-state index in [-0.39, 0.29) is 11.7 Å². The molecule has 0 saturated heterocycles. The number of hydrogen-bond donors (Lipinski definition) is 2. The number of alkyl halides is 3. The van der Waals surface area contributed by atoms with Gasteiger partial charge in [-0.05, 0) is 43.7 Å². The van der Waals surface area contributed by atoms with Gasteiger partial charge in [-0.15, -0.1) is 0 Å². The molecule has 1 aromatic carbocycles. The minimum Gasteiger partial charge on any atom is -0.378 e. The Morgan fingerprint density at radius 1 is 1.33 bits per heavy atom. The zero-order chi connectivity index (χ0) is 15.5. The average molecular weight is 302 g/mol.